The second-order valence-corrected chi connectivity index (χ2v) is 5.51. The minimum Gasteiger partial charge on any atom is -0.288 e. The first-order chi connectivity index (χ1) is 7.58. The summed E-state index contributed by atoms with van der Waals surface area (Å²) >= 11 is 4.51. The highest BCUT2D eigenvalue weighted by atomic mass is 79.9. The van der Waals surface area contributed by atoms with Gasteiger partial charge in [-0.3, -0.25) is 4.79 Å². The van der Waals surface area contributed by atoms with Gasteiger partial charge in [-0.25, -0.2) is 4.39 Å². The van der Waals surface area contributed by atoms with Gasteiger partial charge in [-0.2, -0.15) is 0 Å². The lowest BCUT2D eigenvalue weighted by Crippen LogP contribution is -1.98. The smallest absolute Gasteiger partial charge is 0.202 e. The third-order valence-electron chi connectivity index (χ3n) is 2.15. The molecule has 0 saturated heterocycles. The van der Waals surface area contributed by atoms with Gasteiger partial charge in [0.05, 0.1) is 9.35 Å². The van der Waals surface area contributed by atoms with Crippen molar-refractivity contribution < 1.29 is 9.18 Å². The van der Waals surface area contributed by atoms with Crippen LogP contribution in [-0.2, 0) is 0 Å². The summed E-state index contributed by atoms with van der Waals surface area (Å²) in [6.07, 6.45) is 0. The molecule has 1 nitrogen and oxygen atoms in total. The van der Waals surface area contributed by atoms with Gasteiger partial charge in [-0.15, -0.1) is 11.3 Å². The van der Waals surface area contributed by atoms with Crippen LogP contribution in [0.1, 0.15) is 20.1 Å². The van der Waals surface area contributed by atoms with Crippen LogP contribution in [0.2, 0.25) is 0 Å². The van der Waals surface area contributed by atoms with Crippen LogP contribution < -0.4 is 0 Å². The molecule has 1 aromatic heterocycles. The van der Waals surface area contributed by atoms with E-state index in [4.69, 9.17) is 0 Å². The molecule has 0 fully saturated rings. The summed E-state index contributed by atoms with van der Waals surface area (Å²) in [5, 5.41) is 0. The van der Waals surface area contributed by atoms with Gasteiger partial charge in [0.15, 0.2) is 0 Å². The average molecular weight is 299 g/mol. The lowest BCUT2D eigenvalue weighted by Gasteiger charge is -1.99. The molecule has 2 aromatic rings. The van der Waals surface area contributed by atoms with Gasteiger partial charge in [0, 0.05) is 10.4 Å². The molecule has 0 saturated carbocycles. The highest BCUT2D eigenvalue weighted by molar-refractivity contribution is 9.10. The van der Waals surface area contributed by atoms with Crippen LogP contribution in [0.15, 0.2) is 34.8 Å². The number of aryl methyl sites for hydroxylation is 1. The molecule has 0 amide bonds. The fourth-order valence-corrected chi connectivity index (χ4v) is 2.54. The summed E-state index contributed by atoms with van der Waals surface area (Å²) in [4.78, 5) is 13.8. The molecule has 0 atom stereocenters. The van der Waals surface area contributed by atoms with Crippen LogP contribution in [0.25, 0.3) is 0 Å². The number of thiophene rings is 1. The zero-order valence-electron chi connectivity index (χ0n) is 8.46. The molecule has 0 N–H and O–H groups in total. The summed E-state index contributed by atoms with van der Waals surface area (Å²) in [5.41, 5.74) is 0.495. The van der Waals surface area contributed by atoms with E-state index in [0.29, 0.717) is 14.9 Å². The first-order valence-corrected chi connectivity index (χ1v) is 6.25. The highest BCUT2D eigenvalue weighted by Crippen LogP contribution is 2.22. The number of rotatable bonds is 2. The Hall–Kier alpha value is -1.00. The Balaban J connectivity index is 2.38. The van der Waals surface area contributed by atoms with E-state index < -0.39 is 0 Å². The topological polar surface area (TPSA) is 17.1 Å². The van der Waals surface area contributed by atoms with Crippen LogP contribution in [0.4, 0.5) is 4.39 Å². The maximum atomic E-state index is 13.0. The molecule has 1 heterocycles. The minimum absolute atomic E-state index is 0.0706. The molecular weight excluding hydrogens is 291 g/mol. The van der Waals surface area contributed by atoms with E-state index in [1.54, 1.807) is 6.07 Å². The van der Waals surface area contributed by atoms with Crippen molar-refractivity contribution in [3.05, 3.63) is 55.9 Å². The van der Waals surface area contributed by atoms with Gasteiger partial charge in [0.1, 0.15) is 5.82 Å². The molecule has 0 unspecified atom stereocenters. The van der Waals surface area contributed by atoms with Crippen LogP contribution >= 0.6 is 27.3 Å². The second kappa shape index (κ2) is 4.47. The molecule has 0 aliphatic rings. The normalized spacial score (nSPS) is 10.4. The van der Waals surface area contributed by atoms with Crippen LogP contribution in [0, 0.1) is 12.7 Å². The van der Waals surface area contributed by atoms with E-state index in [9.17, 15) is 9.18 Å². The largest absolute Gasteiger partial charge is 0.288 e. The molecule has 0 bridgehead atoms. The second-order valence-electron chi connectivity index (χ2n) is 3.37. The number of ketones is 1. The summed E-state index contributed by atoms with van der Waals surface area (Å²) in [5.74, 6) is -0.433. The third kappa shape index (κ3) is 2.23. The van der Waals surface area contributed by atoms with Gasteiger partial charge in [0.25, 0.3) is 0 Å². The zero-order valence-corrected chi connectivity index (χ0v) is 10.9. The number of hydrogen-bond acceptors (Lipinski definition) is 2. The van der Waals surface area contributed by atoms with Crippen LogP contribution in [-0.4, -0.2) is 5.78 Å². The quantitative estimate of drug-likeness (QED) is 0.760. The lowest BCUT2D eigenvalue weighted by atomic mass is 10.1. The summed E-state index contributed by atoms with van der Waals surface area (Å²) in [6.45, 7) is 1.95. The molecule has 0 spiro atoms. The van der Waals surface area contributed by atoms with E-state index in [1.807, 2.05) is 13.0 Å². The third-order valence-corrected chi connectivity index (χ3v) is 3.75. The maximum absolute atomic E-state index is 13.0. The van der Waals surface area contributed by atoms with Gasteiger partial charge in [-0.05, 0) is 53.2 Å². The molecule has 0 aliphatic carbocycles. The van der Waals surface area contributed by atoms with E-state index >= 15 is 0 Å². The van der Waals surface area contributed by atoms with Crippen molar-refractivity contribution in [1.29, 1.82) is 0 Å². The number of halogens is 2. The highest BCUT2D eigenvalue weighted by Gasteiger charge is 2.12. The summed E-state index contributed by atoms with van der Waals surface area (Å²) < 4.78 is 13.3. The fourth-order valence-electron chi connectivity index (χ4n) is 1.34. The molecule has 82 valence electrons. The van der Waals surface area contributed by atoms with Crippen molar-refractivity contribution in [2.45, 2.75) is 6.92 Å². The summed E-state index contributed by atoms with van der Waals surface area (Å²) in [7, 11) is 0. The Morgan fingerprint density at radius 1 is 1.31 bits per heavy atom. The van der Waals surface area contributed by atoms with Gasteiger partial charge in [0.2, 0.25) is 5.78 Å². The number of hydrogen-bond donors (Lipinski definition) is 0. The molecule has 4 heteroatoms. The Bertz CT molecular complexity index is 548. The molecule has 0 aliphatic heterocycles. The first kappa shape index (κ1) is 11.5. The fraction of sp³-hybridized carbons (Fsp3) is 0.0833. The number of carbonyl (C=O) groups excluding carboxylic acids is 1. The number of carbonyl (C=O) groups is 1. The minimum atomic E-state index is -0.362. The van der Waals surface area contributed by atoms with Crippen molar-refractivity contribution in [2.75, 3.05) is 0 Å². The molecule has 0 radical (unpaired) electrons. The van der Waals surface area contributed by atoms with Gasteiger partial charge < -0.3 is 0 Å². The van der Waals surface area contributed by atoms with Crippen LogP contribution in [0.5, 0.6) is 0 Å². The van der Waals surface area contributed by atoms with Crippen molar-refractivity contribution in [3.63, 3.8) is 0 Å². The van der Waals surface area contributed by atoms with Crippen LogP contribution in [0.3, 0.4) is 0 Å². The Morgan fingerprint density at radius 2 is 2.06 bits per heavy atom. The average Bonchev–Trinajstić information content (AvgIpc) is 2.68. The Kier molecular flexibility index (Phi) is 3.21. The summed E-state index contributed by atoms with van der Waals surface area (Å²) in [6, 6.07) is 7.98. The number of benzene rings is 1. The van der Waals surface area contributed by atoms with E-state index in [-0.39, 0.29) is 11.6 Å². The Morgan fingerprint density at radius 3 is 2.62 bits per heavy atom. The van der Waals surface area contributed by atoms with E-state index in [2.05, 4.69) is 15.9 Å². The van der Waals surface area contributed by atoms with Crippen molar-refractivity contribution >= 4 is 33.0 Å². The monoisotopic (exact) mass is 298 g/mol. The zero-order chi connectivity index (χ0) is 11.7. The predicted molar refractivity (Wildman–Crippen MR) is 66.6 cm³/mol. The molecule has 2 rings (SSSR count). The van der Waals surface area contributed by atoms with Gasteiger partial charge in [-0.1, -0.05) is 0 Å². The maximum Gasteiger partial charge on any atom is 0.202 e. The van der Waals surface area contributed by atoms with E-state index in [0.717, 1.165) is 4.88 Å². The Labute approximate surface area is 105 Å². The molecular formula is C12H8BrFOS. The van der Waals surface area contributed by atoms with Gasteiger partial charge >= 0.3 is 0 Å². The molecule has 16 heavy (non-hydrogen) atoms. The lowest BCUT2D eigenvalue weighted by molar-refractivity contribution is 0.104. The molecule has 1 aromatic carbocycles. The van der Waals surface area contributed by atoms with Crippen molar-refractivity contribution in [3.8, 4) is 0 Å². The van der Waals surface area contributed by atoms with E-state index in [1.165, 1.54) is 29.5 Å². The standard InChI is InChI=1S/C12H8BrFOS/c1-7-2-5-11(16-7)12(15)8-3-4-10(14)9(13)6-8/h2-6H,1H3. The van der Waals surface area contributed by atoms with Crippen molar-refractivity contribution in [2.24, 2.45) is 0 Å². The first-order valence-electron chi connectivity index (χ1n) is 4.64. The predicted octanol–water partition coefficient (Wildman–Crippen LogP) is 4.19. The SMILES string of the molecule is Cc1ccc(C(=O)c2ccc(F)c(Br)c2)s1. The van der Waals surface area contributed by atoms with Crippen molar-refractivity contribution in [1.82, 2.24) is 0 Å².